The fourth-order valence-electron chi connectivity index (χ4n) is 1.62. The second-order valence-corrected chi connectivity index (χ2v) is 4.98. The number of hydrogen-bond acceptors (Lipinski definition) is 3. The van der Waals surface area contributed by atoms with Gasteiger partial charge in [-0.1, -0.05) is 0 Å². The summed E-state index contributed by atoms with van der Waals surface area (Å²) in [5.41, 5.74) is 1.35. The second-order valence-electron chi connectivity index (χ2n) is 4.98. The lowest BCUT2D eigenvalue weighted by Crippen LogP contribution is -2.13. The summed E-state index contributed by atoms with van der Waals surface area (Å²) in [5.74, 6) is 0.213. The molecule has 0 spiro atoms. The fourth-order valence-corrected chi connectivity index (χ4v) is 1.62. The van der Waals surface area contributed by atoms with Crippen LogP contribution in [0.3, 0.4) is 0 Å². The van der Waals surface area contributed by atoms with Crippen molar-refractivity contribution in [1.29, 1.82) is 0 Å². The first-order chi connectivity index (χ1) is 9.06. The number of rotatable bonds is 5. The van der Waals surface area contributed by atoms with Gasteiger partial charge in [-0.2, -0.15) is 0 Å². The maximum Gasteiger partial charge on any atom is 0.227 e. The van der Waals surface area contributed by atoms with Gasteiger partial charge in [-0.25, -0.2) is 0 Å². The Kier molecular flexibility index (Phi) is 4.00. The normalized spacial score (nSPS) is 14.4. The van der Waals surface area contributed by atoms with Crippen LogP contribution in [0, 0.1) is 5.92 Å². The van der Waals surface area contributed by atoms with E-state index in [1.54, 1.807) is 30.5 Å². The molecule has 0 unspecified atom stereocenters. The lowest BCUT2D eigenvalue weighted by Gasteiger charge is -2.05. The van der Waals surface area contributed by atoms with Gasteiger partial charge in [0.1, 0.15) is 0 Å². The van der Waals surface area contributed by atoms with Gasteiger partial charge in [0, 0.05) is 43.5 Å². The Hall–Kier alpha value is -2.10. The quantitative estimate of drug-likeness (QED) is 0.651. The topological polar surface area (TPSA) is 49.4 Å². The van der Waals surface area contributed by atoms with Gasteiger partial charge in [0.2, 0.25) is 5.91 Å². The summed E-state index contributed by atoms with van der Waals surface area (Å²) in [6.07, 6.45) is 5.21. The third-order valence-corrected chi connectivity index (χ3v) is 2.91. The molecule has 0 atom stereocenters. The van der Waals surface area contributed by atoms with Crippen molar-refractivity contribution in [3.63, 3.8) is 0 Å². The predicted molar refractivity (Wildman–Crippen MR) is 75.0 cm³/mol. The highest BCUT2D eigenvalue weighted by molar-refractivity contribution is 6.04. The molecule has 1 aliphatic carbocycles. The molecule has 1 aliphatic rings. The van der Waals surface area contributed by atoms with Crippen LogP contribution in [0.2, 0.25) is 0 Å². The average Bonchev–Trinajstić information content (AvgIpc) is 3.21. The van der Waals surface area contributed by atoms with Crippen molar-refractivity contribution in [3.8, 4) is 0 Å². The monoisotopic (exact) mass is 258 g/mol. The number of ketones is 1. The molecule has 1 aromatic rings. The molecule has 0 heterocycles. The molecule has 1 amide bonds. The maximum absolute atomic E-state index is 11.8. The first kappa shape index (κ1) is 13.3. The summed E-state index contributed by atoms with van der Waals surface area (Å²) in [6, 6.07) is 6.98. The first-order valence-corrected chi connectivity index (χ1v) is 6.36. The second kappa shape index (κ2) is 5.69. The van der Waals surface area contributed by atoms with Crippen molar-refractivity contribution >= 4 is 17.4 Å². The largest absolute Gasteiger partial charge is 0.383 e. The van der Waals surface area contributed by atoms with Crippen molar-refractivity contribution in [1.82, 2.24) is 4.90 Å². The minimum atomic E-state index is -0.0474. The van der Waals surface area contributed by atoms with E-state index in [1.165, 1.54) is 6.08 Å². The van der Waals surface area contributed by atoms with Crippen LogP contribution in [0.5, 0.6) is 0 Å². The molecule has 0 aliphatic heterocycles. The van der Waals surface area contributed by atoms with E-state index in [0.717, 1.165) is 18.5 Å². The van der Waals surface area contributed by atoms with Gasteiger partial charge in [-0.05, 0) is 37.1 Å². The third kappa shape index (κ3) is 3.95. The Morgan fingerprint density at radius 1 is 1.21 bits per heavy atom. The summed E-state index contributed by atoms with van der Waals surface area (Å²) < 4.78 is 0. The van der Waals surface area contributed by atoms with Crippen molar-refractivity contribution in [2.75, 3.05) is 19.4 Å². The van der Waals surface area contributed by atoms with Crippen molar-refractivity contribution in [2.24, 2.45) is 5.92 Å². The molecule has 4 nitrogen and oxygen atoms in total. The van der Waals surface area contributed by atoms with E-state index >= 15 is 0 Å². The van der Waals surface area contributed by atoms with E-state index in [9.17, 15) is 9.59 Å². The van der Waals surface area contributed by atoms with Gasteiger partial charge in [0.25, 0.3) is 0 Å². The van der Waals surface area contributed by atoms with Crippen LogP contribution in [-0.4, -0.2) is 30.7 Å². The van der Waals surface area contributed by atoms with Crippen LogP contribution in [0.1, 0.15) is 23.2 Å². The highest BCUT2D eigenvalue weighted by Gasteiger charge is 2.29. The van der Waals surface area contributed by atoms with Crippen molar-refractivity contribution < 1.29 is 9.59 Å². The number of amides is 1. The highest BCUT2D eigenvalue weighted by atomic mass is 16.2. The maximum atomic E-state index is 11.8. The Morgan fingerprint density at radius 2 is 1.84 bits per heavy atom. The fraction of sp³-hybridized carbons (Fsp3) is 0.333. The van der Waals surface area contributed by atoms with Crippen LogP contribution >= 0.6 is 0 Å². The number of anilines is 1. The van der Waals surface area contributed by atoms with E-state index in [4.69, 9.17) is 0 Å². The van der Waals surface area contributed by atoms with Gasteiger partial charge in [0.05, 0.1) is 0 Å². The molecule has 1 fully saturated rings. The molecular weight excluding hydrogens is 240 g/mol. The standard InChI is InChI=1S/C15H18N2O2/c1-17(2)10-9-14(18)11-5-7-13(8-6-11)16-15(19)12-3-4-12/h5-10,12H,3-4H2,1-2H3,(H,16,19)/b10-9+. The number of allylic oxidation sites excluding steroid dienone is 1. The minimum absolute atomic E-state index is 0.0474. The zero-order valence-electron chi connectivity index (χ0n) is 11.2. The summed E-state index contributed by atoms with van der Waals surface area (Å²) in [6.45, 7) is 0. The predicted octanol–water partition coefficient (Wildman–Crippen LogP) is 2.29. The zero-order chi connectivity index (χ0) is 13.8. The molecule has 1 saturated carbocycles. The Balaban J connectivity index is 1.97. The number of carbonyl (C=O) groups is 2. The molecule has 4 heteroatoms. The highest BCUT2D eigenvalue weighted by Crippen LogP contribution is 2.30. The number of benzene rings is 1. The summed E-state index contributed by atoms with van der Waals surface area (Å²) in [5, 5.41) is 2.84. The average molecular weight is 258 g/mol. The van der Waals surface area contributed by atoms with Crippen LogP contribution in [0.15, 0.2) is 36.5 Å². The van der Waals surface area contributed by atoms with Gasteiger partial charge in [-0.15, -0.1) is 0 Å². The lowest BCUT2D eigenvalue weighted by molar-refractivity contribution is -0.117. The zero-order valence-corrected chi connectivity index (χ0v) is 11.2. The molecule has 100 valence electrons. The molecule has 19 heavy (non-hydrogen) atoms. The van der Waals surface area contributed by atoms with E-state index in [0.29, 0.717) is 5.56 Å². The summed E-state index contributed by atoms with van der Waals surface area (Å²) >= 11 is 0. The van der Waals surface area contributed by atoms with E-state index in [-0.39, 0.29) is 17.6 Å². The van der Waals surface area contributed by atoms with Crippen molar-refractivity contribution in [3.05, 3.63) is 42.1 Å². The number of carbonyl (C=O) groups excluding carboxylic acids is 2. The van der Waals surface area contributed by atoms with Gasteiger partial charge in [-0.3, -0.25) is 9.59 Å². The van der Waals surface area contributed by atoms with Crippen LogP contribution in [-0.2, 0) is 4.79 Å². The summed E-state index contributed by atoms with van der Waals surface area (Å²) in [7, 11) is 3.72. The van der Waals surface area contributed by atoms with Crippen molar-refractivity contribution in [2.45, 2.75) is 12.8 Å². The Morgan fingerprint density at radius 3 is 2.37 bits per heavy atom. The molecule has 1 N–H and O–H groups in total. The molecule has 1 aromatic carbocycles. The van der Waals surface area contributed by atoms with E-state index in [1.807, 2.05) is 19.0 Å². The van der Waals surface area contributed by atoms with Crippen LogP contribution in [0.4, 0.5) is 5.69 Å². The smallest absolute Gasteiger partial charge is 0.227 e. The number of hydrogen-bond donors (Lipinski definition) is 1. The van der Waals surface area contributed by atoms with Crippen LogP contribution < -0.4 is 5.32 Å². The SMILES string of the molecule is CN(C)/C=C/C(=O)c1ccc(NC(=O)C2CC2)cc1. The first-order valence-electron chi connectivity index (χ1n) is 6.36. The Bertz CT molecular complexity index is 499. The molecule has 0 saturated heterocycles. The van der Waals surface area contributed by atoms with Gasteiger partial charge < -0.3 is 10.2 Å². The number of nitrogens with zero attached hydrogens (tertiary/aromatic N) is 1. The summed E-state index contributed by atoms with van der Waals surface area (Å²) in [4.78, 5) is 25.2. The van der Waals surface area contributed by atoms with E-state index in [2.05, 4.69) is 5.32 Å². The molecular formula is C15H18N2O2. The molecule has 0 bridgehead atoms. The third-order valence-electron chi connectivity index (χ3n) is 2.91. The van der Waals surface area contributed by atoms with Crippen LogP contribution in [0.25, 0.3) is 0 Å². The molecule has 0 aromatic heterocycles. The van der Waals surface area contributed by atoms with Gasteiger partial charge >= 0.3 is 0 Å². The molecule has 0 radical (unpaired) electrons. The minimum Gasteiger partial charge on any atom is -0.383 e. The Labute approximate surface area is 113 Å². The van der Waals surface area contributed by atoms with Gasteiger partial charge in [0.15, 0.2) is 5.78 Å². The molecule has 2 rings (SSSR count). The lowest BCUT2D eigenvalue weighted by atomic mass is 10.1. The van der Waals surface area contributed by atoms with E-state index < -0.39 is 0 Å². The number of nitrogens with one attached hydrogen (secondary N) is 1.